The standard InChI is InChI=1S/C31H33F3O3/c1-37-28-10-8-20(15-27(28)30-17-21-12-22(18-30)14-23(13-21)19-30)4-2-5-24(9-11-29(35)36)25-6-3-7-26(16-25)31(32,33)34/h3,5-11,15-16,21-23H,2,4,12-14,17-19H2,1H3,(H,35,36). The van der Waals surface area contributed by atoms with Gasteiger partial charge in [-0.15, -0.1) is 0 Å². The first-order chi connectivity index (χ1) is 17.6. The van der Waals surface area contributed by atoms with Gasteiger partial charge in [0.05, 0.1) is 12.7 Å². The summed E-state index contributed by atoms with van der Waals surface area (Å²) in [6.45, 7) is 0. The van der Waals surface area contributed by atoms with Gasteiger partial charge in [0.25, 0.3) is 0 Å². The molecule has 0 unspecified atom stereocenters. The molecular weight excluding hydrogens is 477 g/mol. The molecule has 6 rings (SSSR count). The minimum atomic E-state index is -4.46. The van der Waals surface area contributed by atoms with E-state index in [4.69, 9.17) is 9.84 Å². The number of allylic oxidation sites excluding steroid dienone is 3. The van der Waals surface area contributed by atoms with Gasteiger partial charge in [0.15, 0.2) is 0 Å². The molecule has 4 aliphatic carbocycles. The molecule has 0 amide bonds. The normalized spacial score (nSPS) is 27.1. The fourth-order valence-electron chi connectivity index (χ4n) is 7.48. The minimum Gasteiger partial charge on any atom is -0.496 e. The van der Waals surface area contributed by atoms with Crippen LogP contribution in [0, 0.1) is 17.8 Å². The van der Waals surface area contributed by atoms with Crippen LogP contribution in [0.1, 0.15) is 67.2 Å². The number of halogens is 3. The second-order valence-electron chi connectivity index (χ2n) is 11.2. The summed E-state index contributed by atoms with van der Waals surface area (Å²) in [6.07, 6.45) is 8.77. The van der Waals surface area contributed by atoms with Crippen molar-refractivity contribution in [3.63, 3.8) is 0 Å². The Kier molecular flexibility index (Phi) is 6.95. The molecule has 0 saturated heterocycles. The predicted molar refractivity (Wildman–Crippen MR) is 137 cm³/mol. The number of aliphatic carboxylic acids is 1. The first-order valence-electron chi connectivity index (χ1n) is 13.1. The van der Waals surface area contributed by atoms with Crippen LogP contribution in [0.3, 0.4) is 0 Å². The summed E-state index contributed by atoms with van der Waals surface area (Å²) in [7, 11) is 1.73. The van der Waals surface area contributed by atoms with Crippen molar-refractivity contribution >= 4 is 11.5 Å². The lowest BCUT2D eigenvalue weighted by atomic mass is 9.48. The number of benzene rings is 2. The molecule has 196 valence electrons. The van der Waals surface area contributed by atoms with Gasteiger partial charge in [0.2, 0.25) is 0 Å². The highest BCUT2D eigenvalue weighted by atomic mass is 19.4. The van der Waals surface area contributed by atoms with Crippen LogP contribution < -0.4 is 4.74 Å². The number of hydrogen-bond acceptors (Lipinski definition) is 2. The van der Waals surface area contributed by atoms with Crippen LogP contribution in [0.2, 0.25) is 0 Å². The number of carboxylic acids is 1. The van der Waals surface area contributed by atoms with E-state index in [2.05, 4.69) is 18.2 Å². The van der Waals surface area contributed by atoms with Crippen molar-refractivity contribution < 1.29 is 27.8 Å². The van der Waals surface area contributed by atoms with E-state index >= 15 is 0 Å². The van der Waals surface area contributed by atoms with E-state index in [0.29, 0.717) is 24.0 Å². The Hall–Kier alpha value is -3.02. The number of aryl methyl sites for hydroxylation is 1. The van der Waals surface area contributed by atoms with Crippen LogP contribution >= 0.6 is 0 Å². The average molecular weight is 511 g/mol. The number of alkyl halides is 3. The lowest BCUT2D eigenvalue weighted by molar-refractivity contribution is -0.137. The Morgan fingerprint density at radius 1 is 1.03 bits per heavy atom. The van der Waals surface area contributed by atoms with Gasteiger partial charge in [0.1, 0.15) is 5.75 Å². The Balaban J connectivity index is 1.39. The highest BCUT2D eigenvalue weighted by molar-refractivity contribution is 5.85. The maximum atomic E-state index is 13.2. The summed E-state index contributed by atoms with van der Waals surface area (Å²) in [6, 6.07) is 11.4. The van der Waals surface area contributed by atoms with Gasteiger partial charge in [-0.05, 0) is 116 Å². The van der Waals surface area contributed by atoms with Crippen LogP contribution in [-0.2, 0) is 22.8 Å². The molecule has 0 aliphatic heterocycles. The fraction of sp³-hybridized carbons (Fsp3) is 0.452. The summed E-state index contributed by atoms with van der Waals surface area (Å²) in [5.74, 6) is 2.26. The van der Waals surface area contributed by atoms with Crippen molar-refractivity contribution in [1.82, 2.24) is 0 Å². The van der Waals surface area contributed by atoms with E-state index in [1.807, 2.05) is 6.08 Å². The maximum Gasteiger partial charge on any atom is 0.416 e. The zero-order valence-electron chi connectivity index (χ0n) is 21.1. The van der Waals surface area contributed by atoms with Gasteiger partial charge in [-0.3, -0.25) is 0 Å². The third-order valence-electron chi connectivity index (χ3n) is 8.60. The summed E-state index contributed by atoms with van der Waals surface area (Å²) in [4.78, 5) is 11.1. The molecule has 0 spiro atoms. The molecule has 4 saturated carbocycles. The molecule has 2 aromatic rings. The first-order valence-corrected chi connectivity index (χ1v) is 13.1. The molecular formula is C31H33F3O3. The van der Waals surface area contributed by atoms with Crippen molar-refractivity contribution in [2.45, 2.75) is 63.0 Å². The van der Waals surface area contributed by atoms with Crippen LogP contribution in [0.5, 0.6) is 5.75 Å². The summed E-state index contributed by atoms with van der Waals surface area (Å²) in [5, 5.41) is 9.09. The molecule has 0 heterocycles. The van der Waals surface area contributed by atoms with Crippen molar-refractivity contribution in [2.75, 3.05) is 7.11 Å². The zero-order valence-corrected chi connectivity index (χ0v) is 21.1. The lowest BCUT2D eigenvalue weighted by Crippen LogP contribution is -2.48. The van der Waals surface area contributed by atoms with Gasteiger partial charge >= 0.3 is 12.1 Å². The smallest absolute Gasteiger partial charge is 0.416 e. The third kappa shape index (κ3) is 5.48. The number of carbonyl (C=O) groups is 1. The molecule has 1 N–H and O–H groups in total. The van der Waals surface area contributed by atoms with Crippen LogP contribution in [0.15, 0.2) is 60.7 Å². The van der Waals surface area contributed by atoms with Crippen LogP contribution in [-0.4, -0.2) is 18.2 Å². The minimum absolute atomic E-state index is 0.194. The van der Waals surface area contributed by atoms with Gasteiger partial charge in [-0.25, -0.2) is 4.79 Å². The SMILES string of the molecule is COc1ccc(CCC=C(C=CC(=O)O)c2cccc(C(F)(F)F)c2)cc1C12CC3CC(CC(C3)C1)C2. The zero-order chi connectivity index (χ0) is 26.2. The van der Waals surface area contributed by atoms with E-state index in [0.717, 1.165) is 47.3 Å². The largest absolute Gasteiger partial charge is 0.496 e. The van der Waals surface area contributed by atoms with Gasteiger partial charge in [-0.2, -0.15) is 13.2 Å². The topological polar surface area (TPSA) is 46.5 Å². The van der Waals surface area contributed by atoms with Gasteiger partial charge < -0.3 is 9.84 Å². The monoisotopic (exact) mass is 510 g/mol. The van der Waals surface area contributed by atoms with E-state index in [-0.39, 0.29) is 5.41 Å². The van der Waals surface area contributed by atoms with Crippen molar-refractivity contribution in [3.8, 4) is 5.75 Å². The molecule has 2 aromatic carbocycles. The Bertz CT molecular complexity index is 1190. The lowest BCUT2D eigenvalue weighted by Gasteiger charge is -2.57. The van der Waals surface area contributed by atoms with Gasteiger partial charge in [0, 0.05) is 11.6 Å². The molecule has 0 radical (unpaired) electrons. The molecule has 3 nitrogen and oxygen atoms in total. The Morgan fingerprint density at radius 2 is 1.70 bits per heavy atom. The first kappa shape index (κ1) is 25.6. The summed E-state index contributed by atoms with van der Waals surface area (Å²) >= 11 is 0. The quantitative estimate of drug-likeness (QED) is 0.291. The predicted octanol–water partition coefficient (Wildman–Crippen LogP) is 7.84. The third-order valence-corrected chi connectivity index (χ3v) is 8.60. The van der Waals surface area contributed by atoms with Crippen LogP contribution in [0.25, 0.3) is 5.57 Å². The number of hydrogen-bond donors (Lipinski definition) is 1. The maximum absolute atomic E-state index is 13.2. The molecule has 37 heavy (non-hydrogen) atoms. The van der Waals surface area contributed by atoms with E-state index in [1.165, 1.54) is 56.2 Å². The number of ether oxygens (including phenoxy) is 1. The molecule has 4 fully saturated rings. The van der Waals surface area contributed by atoms with Crippen LogP contribution in [0.4, 0.5) is 13.2 Å². The Morgan fingerprint density at radius 3 is 2.30 bits per heavy atom. The molecule has 0 aromatic heterocycles. The second kappa shape index (κ2) is 10.0. The molecule has 0 atom stereocenters. The average Bonchev–Trinajstić information content (AvgIpc) is 2.84. The van der Waals surface area contributed by atoms with E-state index < -0.39 is 17.7 Å². The number of carboxylic acid groups (broad SMARTS) is 1. The Labute approximate surface area is 216 Å². The second-order valence-corrected chi connectivity index (χ2v) is 11.2. The van der Waals surface area contributed by atoms with Crippen molar-refractivity contribution in [2.24, 2.45) is 17.8 Å². The highest BCUT2D eigenvalue weighted by Crippen LogP contribution is 2.62. The van der Waals surface area contributed by atoms with E-state index in [1.54, 1.807) is 13.2 Å². The van der Waals surface area contributed by atoms with Gasteiger partial charge in [-0.1, -0.05) is 30.3 Å². The number of methoxy groups -OCH3 is 1. The van der Waals surface area contributed by atoms with E-state index in [9.17, 15) is 18.0 Å². The molecule has 4 bridgehead atoms. The fourth-order valence-corrected chi connectivity index (χ4v) is 7.48. The molecule has 6 heteroatoms. The van der Waals surface area contributed by atoms with Crippen molar-refractivity contribution in [3.05, 3.63) is 82.9 Å². The summed E-state index contributed by atoms with van der Waals surface area (Å²) in [5.41, 5.74) is 2.72. The van der Waals surface area contributed by atoms with Crippen molar-refractivity contribution in [1.29, 1.82) is 0 Å². The molecule has 4 aliphatic rings. The summed E-state index contributed by atoms with van der Waals surface area (Å²) < 4.78 is 45.6. The highest BCUT2D eigenvalue weighted by Gasteiger charge is 2.52. The number of rotatable bonds is 8.